The Morgan fingerprint density at radius 2 is 1.38 bits per heavy atom. The van der Waals surface area contributed by atoms with E-state index in [9.17, 15) is 0 Å². The van der Waals surface area contributed by atoms with Gasteiger partial charge in [0.05, 0.1) is 0 Å². The van der Waals surface area contributed by atoms with E-state index in [0.29, 0.717) is 0 Å². The molecule has 0 amide bonds. The molecule has 5 heteroatoms. The van der Waals surface area contributed by atoms with E-state index in [4.69, 9.17) is 0 Å². The van der Waals surface area contributed by atoms with Gasteiger partial charge in [0.1, 0.15) is 5.84 Å². The fourth-order valence-corrected chi connectivity index (χ4v) is 3.49. The van der Waals surface area contributed by atoms with Crippen molar-refractivity contribution < 1.29 is 0 Å². The molecule has 1 fully saturated rings. The van der Waals surface area contributed by atoms with Crippen LogP contribution in [0.4, 0.5) is 0 Å². The Balaban J connectivity index is 2.64. The molecule has 1 rings (SSSR count). The Bertz CT molecular complexity index is 323. The zero-order valence-electron chi connectivity index (χ0n) is 13.9. The topological polar surface area (TPSA) is 28.0 Å². The summed E-state index contributed by atoms with van der Waals surface area (Å²) in [5.41, 5.74) is 0. The minimum absolute atomic E-state index is 1.04. The van der Waals surface area contributed by atoms with E-state index in [1.54, 1.807) is 23.5 Å². The van der Waals surface area contributed by atoms with Gasteiger partial charge in [-0.15, -0.1) is 33.7 Å². The van der Waals surface area contributed by atoms with Crippen LogP contribution in [0.1, 0.15) is 64.2 Å². The first kappa shape index (κ1) is 18.9. The standard InChI is InChI=1S/C16H31N3S2/c1-19-14-12-10-8-6-4-5-7-9-11-13-15(19)17-18-16(20-2)21-3/h4-14H2,1-3H3/b17-15+. The highest BCUT2D eigenvalue weighted by Crippen LogP contribution is 2.15. The summed E-state index contributed by atoms with van der Waals surface area (Å²) in [7, 11) is 2.17. The first-order valence-electron chi connectivity index (χ1n) is 8.21. The number of rotatable bonds is 1. The number of amidine groups is 1. The molecule has 0 saturated carbocycles. The molecule has 1 aliphatic rings. The molecule has 1 aliphatic heterocycles. The molecule has 122 valence electrons. The summed E-state index contributed by atoms with van der Waals surface area (Å²) in [5.74, 6) is 1.16. The molecule has 3 nitrogen and oxygen atoms in total. The highest BCUT2D eigenvalue weighted by molar-refractivity contribution is 8.38. The fraction of sp³-hybridized carbons (Fsp3) is 0.875. The van der Waals surface area contributed by atoms with E-state index in [1.807, 2.05) is 0 Å². The lowest BCUT2D eigenvalue weighted by molar-refractivity contribution is 0.457. The maximum absolute atomic E-state index is 4.55. The van der Waals surface area contributed by atoms with Crippen LogP contribution in [0, 0.1) is 0 Å². The molecular weight excluding hydrogens is 298 g/mol. The molecule has 1 saturated heterocycles. The normalized spacial score (nSPS) is 21.3. The lowest BCUT2D eigenvalue weighted by atomic mass is 10.1. The second-order valence-corrected chi connectivity index (χ2v) is 7.49. The van der Waals surface area contributed by atoms with Crippen LogP contribution in [-0.2, 0) is 0 Å². The summed E-state index contributed by atoms with van der Waals surface area (Å²) in [4.78, 5) is 2.32. The van der Waals surface area contributed by atoms with E-state index in [0.717, 1.165) is 23.2 Å². The van der Waals surface area contributed by atoms with Crippen molar-refractivity contribution in [2.45, 2.75) is 64.2 Å². The maximum atomic E-state index is 4.55. The smallest absolute Gasteiger partial charge is 0.152 e. The average Bonchev–Trinajstić information content (AvgIpc) is 2.52. The van der Waals surface area contributed by atoms with Crippen LogP contribution in [-0.4, -0.2) is 41.2 Å². The number of hydrogen-bond acceptors (Lipinski definition) is 4. The van der Waals surface area contributed by atoms with Crippen LogP contribution in [0.25, 0.3) is 0 Å². The molecule has 0 atom stereocenters. The monoisotopic (exact) mass is 329 g/mol. The Hall–Kier alpha value is -0.160. The molecule has 1 heterocycles. The van der Waals surface area contributed by atoms with Crippen LogP contribution >= 0.6 is 23.5 Å². The molecule has 21 heavy (non-hydrogen) atoms. The van der Waals surface area contributed by atoms with Crippen molar-refractivity contribution in [1.82, 2.24) is 4.90 Å². The van der Waals surface area contributed by atoms with E-state index in [-0.39, 0.29) is 0 Å². The largest absolute Gasteiger partial charge is 0.362 e. The van der Waals surface area contributed by atoms with Gasteiger partial charge in [-0.05, 0) is 25.4 Å². The summed E-state index contributed by atoms with van der Waals surface area (Å²) >= 11 is 3.35. The van der Waals surface area contributed by atoms with Crippen LogP contribution < -0.4 is 0 Å². The van der Waals surface area contributed by atoms with Gasteiger partial charge in [-0.2, -0.15) is 0 Å². The average molecular weight is 330 g/mol. The van der Waals surface area contributed by atoms with Gasteiger partial charge < -0.3 is 4.90 Å². The highest BCUT2D eigenvalue weighted by Gasteiger charge is 2.08. The quantitative estimate of drug-likeness (QED) is 0.374. The molecular formula is C16H31N3S2. The predicted octanol–water partition coefficient (Wildman–Crippen LogP) is 5.23. The summed E-state index contributed by atoms with van der Waals surface area (Å²) < 4.78 is 1.04. The van der Waals surface area contributed by atoms with Crippen LogP contribution in [0.15, 0.2) is 10.2 Å². The first-order valence-corrected chi connectivity index (χ1v) is 10.7. The minimum atomic E-state index is 1.04. The number of thioether (sulfide) groups is 2. The number of hydrogen-bond donors (Lipinski definition) is 0. The van der Waals surface area contributed by atoms with Gasteiger partial charge in [0.15, 0.2) is 4.38 Å². The second-order valence-electron chi connectivity index (χ2n) is 5.64. The zero-order chi connectivity index (χ0) is 15.3. The van der Waals surface area contributed by atoms with Crippen molar-refractivity contribution >= 4 is 33.7 Å². The van der Waals surface area contributed by atoms with Crippen molar-refractivity contribution in [3.63, 3.8) is 0 Å². The summed E-state index contributed by atoms with van der Waals surface area (Å²) in [6, 6.07) is 0. The third kappa shape index (κ3) is 8.77. The van der Waals surface area contributed by atoms with Gasteiger partial charge >= 0.3 is 0 Å². The lowest BCUT2D eigenvalue weighted by Crippen LogP contribution is -2.27. The molecule has 0 aromatic rings. The van der Waals surface area contributed by atoms with Gasteiger partial charge in [-0.3, -0.25) is 0 Å². The molecule has 0 spiro atoms. The predicted molar refractivity (Wildman–Crippen MR) is 101 cm³/mol. The van der Waals surface area contributed by atoms with Crippen molar-refractivity contribution in [1.29, 1.82) is 0 Å². The minimum Gasteiger partial charge on any atom is -0.362 e. The van der Waals surface area contributed by atoms with E-state index < -0.39 is 0 Å². The highest BCUT2D eigenvalue weighted by atomic mass is 32.2. The van der Waals surface area contributed by atoms with Gasteiger partial charge in [0.25, 0.3) is 0 Å². The van der Waals surface area contributed by atoms with Gasteiger partial charge in [0.2, 0.25) is 0 Å². The molecule has 0 aromatic carbocycles. The SMILES string of the molecule is CSC(=N/N=C1\CCCCCCCCCCCN1C)SC. The lowest BCUT2D eigenvalue weighted by Gasteiger charge is -2.20. The molecule has 0 aliphatic carbocycles. The van der Waals surface area contributed by atoms with Crippen LogP contribution in [0.3, 0.4) is 0 Å². The maximum Gasteiger partial charge on any atom is 0.152 e. The van der Waals surface area contributed by atoms with Gasteiger partial charge in [0, 0.05) is 20.0 Å². The Labute approximate surface area is 139 Å². The van der Waals surface area contributed by atoms with E-state index >= 15 is 0 Å². The number of nitrogens with zero attached hydrogens (tertiary/aromatic N) is 3. The van der Waals surface area contributed by atoms with Crippen LogP contribution in [0.5, 0.6) is 0 Å². The third-order valence-electron chi connectivity index (χ3n) is 3.93. The molecule has 0 aromatic heterocycles. The summed E-state index contributed by atoms with van der Waals surface area (Å²) in [6.07, 6.45) is 17.4. The Kier molecular flexibility index (Phi) is 11.1. The molecule has 0 radical (unpaired) electrons. The van der Waals surface area contributed by atoms with E-state index in [1.165, 1.54) is 57.8 Å². The third-order valence-corrected chi connectivity index (χ3v) is 5.79. The molecule has 0 unspecified atom stereocenters. The van der Waals surface area contributed by atoms with Crippen molar-refractivity contribution in [3.05, 3.63) is 0 Å². The Morgan fingerprint density at radius 3 is 1.95 bits per heavy atom. The fourth-order valence-electron chi connectivity index (χ4n) is 2.58. The van der Waals surface area contributed by atoms with Crippen molar-refractivity contribution in [3.8, 4) is 0 Å². The van der Waals surface area contributed by atoms with E-state index in [2.05, 4.69) is 34.7 Å². The Morgan fingerprint density at radius 1 is 0.857 bits per heavy atom. The van der Waals surface area contributed by atoms with Crippen molar-refractivity contribution in [2.75, 3.05) is 26.1 Å². The zero-order valence-corrected chi connectivity index (χ0v) is 15.6. The van der Waals surface area contributed by atoms with Gasteiger partial charge in [-0.25, -0.2) is 0 Å². The van der Waals surface area contributed by atoms with Crippen molar-refractivity contribution in [2.24, 2.45) is 10.2 Å². The second kappa shape index (κ2) is 12.4. The summed E-state index contributed by atoms with van der Waals surface area (Å²) in [5, 5.41) is 8.96. The van der Waals surface area contributed by atoms with Crippen LogP contribution in [0.2, 0.25) is 0 Å². The first-order chi connectivity index (χ1) is 10.3. The molecule has 0 bridgehead atoms. The summed E-state index contributed by atoms with van der Waals surface area (Å²) in [6.45, 7) is 1.11. The van der Waals surface area contributed by atoms with Gasteiger partial charge in [-0.1, -0.05) is 44.9 Å². The molecule has 0 N–H and O–H groups in total.